The molecule has 0 unspecified atom stereocenters. The van der Waals surface area contributed by atoms with E-state index in [9.17, 15) is 8.78 Å². The first-order valence-corrected chi connectivity index (χ1v) is 6.84. The standard InChI is InChI=1S/C15H16F2N4/c1-21-8-5-13(20-15-18-6-2-7-19-15)14(21)10-3-4-11(16)12(17)9-10/h2-4,6-7,9,13-14H,5,8H2,1H3,(H,18,19,20)/t13-,14+/m1/s1. The van der Waals surface area contributed by atoms with E-state index < -0.39 is 11.6 Å². The quantitative estimate of drug-likeness (QED) is 0.943. The Morgan fingerprint density at radius 2 is 1.95 bits per heavy atom. The van der Waals surface area contributed by atoms with Crippen LogP contribution in [0.15, 0.2) is 36.7 Å². The van der Waals surface area contributed by atoms with Crippen LogP contribution in [0, 0.1) is 11.6 Å². The van der Waals surface area contributed by atoms with Gasteiger partial charge in [-0.3, -0.25) is 4.90 Å². The molecule has 2 aromatic rings. The van der Waals surface area contributed by atoms with E-state index in [0.29, 0.717) is 5.95 Å². The van der Waals surface area contributed by atoms with Gasteiger partial charge in [0.05, 0.1) is 6.04 Å². The Labute approximate surface area is 121 Å². The van der Waals surface area contributed by atoms with Crippen LogP contribution in [0.5, 0.6) is 0 Å². The number of aromatic nitrogens is 2. The SMILES string of the molecule is CN1CC[C@@H](Nc2ncccn2)[C@@H]1c1ccc(F)c(F)c1. The van der Waals surface area contributed by atoms with Gasteiger partial charge in [-0.25, -0.2) is 18.7 Å². The molecule has 1 N–H and O–H groups in total. The molecule has 1 aliphatic rings. The number of likely N-dealkylation sites (N-methyl/N-ethyl adjacent to an activating group) is 1. The largest absolute Gasteiger partial charge is 0.350 e. The second-order valence-electron chi connectivity index (χ2n) is 5.21. The van der Waals surface area contributed by atoms with E-state index in [-0.39, 0.29) is 12.1 Å². The summed E-state index contributed by atoms with van der Waals surface area (Å²) >= 11 is 0. The Morgan fingerprint density at radius 3 is 2.67 bits per heavy atom. The average molecular weight is 290 g/mol. The minimum atomic E-state index is -0.824. The number of anilines is 1. The summed E-state index contributed by atoms with van der Waals surface area (Å²) in [6.07, 6.45) is 4.22. The molecule has 0 radical (unpaired) electrons. The highest BCUT2D eigenvalue weighted by Crippen LogP contribution is 2.33. The van der Waals surface area contributed by atoms with Crippen LogP contribution < -0.4 is 5.32 Å². The van der Waals surface area contributed by atoms with Crippen molar-refractivity contribution in [1.29, 1.82) is 0 Å². The van der Waals surface area contributed by atoms with Crippen molar-refractivity contribution in [2.45, 2.75) is 18.5 Å². The third kappa shape index (κ3) is 2.85. The van der Waals surface area contributed by atoms with Gasteiger partial charge in [0.2, 0.25) is 5.95 Å². The molecule has 6 heteroatoms. The average Bonchev–Trinajstić information content (AvgIpc) is 2.84. The number of hydrogen-bond donors (Lipinski definition) is 1. The van der Waals surface area contributed by atoms with Crippen molar-refractivity contribution in [3.63, 3.8) is 0 Å². The molecule has 1 aromatic carbocycles. The van der Waals surface area contributed by atoms with Crippen LogP contribution in [0.4, 0.5) is 14.7 Å². The lowest BCUT2D eigenvalue weighted by Gasteiger charge is -2.26. The molecular formula is C15H16F2N4. The fourth-order valence-electron chi connectivity index (χ4n) is 2.82. The molecule has 2 atom stereocenters. The zero-order chi connectivity index (χ0) is 14.8. The van der Waals surface area contributed by atoms with Crippen LogP contribution in [0.3, 0.4) is 0 Å². The predicted molar refractivity (Wildman–Crippen MR) is 75.8 cm³/mol. The van der Waals surface area contributed by atoms with E-state index in [1.54, 1.807) is 24.5 Å². The first kappa shape index (κ1) is 13.9. The normalized spacial score (nSPS) is 22.4. The van der Waals surface area contributed by atoms with Gasteiger partial charge in [-0.1, -0.05) is 6.07 Å². The predicted octanol–water partition coefficient (Wildman–Crippen LogP) is 2.61. The zero-order valence-electron chi connectivity index (χ0n) is 11.6. The molecule has 0 aliphatic carbocycles. The lowest BCUT2D eigenvalue weighted by Crippen LogP contribution is -2.29. The minimum Gasteiger partial charge on any atom is -0.350 e. The highest BCUT2D eigenvalue weighted by atomic mass is 19.2. The van der Waals surface area contributed by atoms with Gasteiger partial charge >= 0.3 is 0 Å². The van der Waals surface area contributed by atoms with Gasteiger partial charge in [0.15, 0.2) is 11.6 Å². The molecule has 1 aromatic heterocycles. The van der Waals surface area contributed by atoms with E-state index in [0.717, 1.165) is 18.5 Å². The first-order chi connectivity index (χ1) is 10.1. The topological polar surface area (TPSA) is 41.0 Å². The number of halogens is 2. The van der Waals surface area contributed by atoms with Gasteiger partial charge in [-0.15, -0.1) is 0 Å². The molecule has 21 heavy (non-hydrogen) atoms. The Morgan fingerprint density at radius 1 is 1.19 bits per heavy atom. The maximum atomic E-state index is 13.5. The molecule has 1 aliphatic heterocycles. The summed E-state index contributed by atoms with van der Waals surface area (Å²) in [7, 11) is 1.97. The molecule has 110 valence electrons. The summed E-state index contributed by atoms with van der Waals surface area (Å²) in [5.41, 5.74) is 0.752. The van der Waals surface area contributed by atoms with Crippen LogP contribution in [-0.2, 0) is 0 Å². The van der Waals surface area contributed by atoms with Crippen LogP contribution in [0.2, 0.25) is 0 Å². The third-order valence-electron chi connectivity index (χ3n) is 3.81. The van der Waals surface area contributed by atoms with Gasteiger partial charge in [-0.2, -0.15) is 0 Å². The van der Waals surface area contributed by atoms with E-state index in [1.165, 1.54) is 12.1 Å². The van der Waals surface area contributed by atoms with Crippen LogP contribution in [0.25, 0.3) is 0 Å². The highest BCUT2D eigenvalue weighted by Gasteiger charge is 2.33. The Balaban J connectivity index is 1.85. The first-order valence-electron chi connectivity index (χ1n) is 6.84. The molecule has 0 bridgehead atoms. The van der Waals surface area contributed by atoms with Crippen molar-refractivity contribution in [2.24, 2.45) is 0 Å². The molecule has 0 spiro atoms. The lowest BCUT2D eigenvalue weighted by molar-refractivity contribution is 0.307. The smallest absolute Gasteiger partial charge is 0.222 e. The Bertz CT molecular complexity index is 620. The summed E-state index contributed by atoms with van der Waals surface area (Å²) in [6.45, 7) is 0.869. The fraction of sp³-hybridized carbons (Fsp3) is 0.333. The number of benzene rings is 1. The summed E-state index contributed by atoms with van der Waals surface area (Å²) < 4.78 is 26.6. The zero-order valence-corrected chi connectivity index (χ0v) is 11.6. The van der Waals surface area contributed by atoms with Gasteiger partial charge < -0.3 is 5.32 Å². The second-order valence-corrected chi connectivity index (χ2v) is 5.21. The van der Waals surface area contributed by atoms with E-state index in [4.69, 9.17) is 0 Å². The number of rotatable bonds is 3. The van der Waals surface area contributed by atoms with Gasteiger partial charge in [-0.05, 0) is 37.2 Å². The Hall–Kier alpha value is -2.08. The molecule has 0 amide bonds. The Kier molecular flexibility index (Phi) is 3.79. The van der Waals surface area contributed by atoms with Gasteiger partial charge in [0.25, 0.3) is 0 Å². The van der Waals surface area contributed by atoms with Gasteiger partial charge in [0.1, 0.15) is 0 Å². The van der Waals surface area contributed by atoms with Crippen molar-refractivity contribution in [1.82, 2.24) is 14.9 Å². The molecule has 2 heterocycles. The monoisotopic (exact) mass is 290 g/mol. The van der Waals surface area contributed by atoms with E-state index in [2.05, 4.69) is 20.2 Å². The van der Waals surface area contributed by atoms with E-state index in [1.807, 2.05) is 7.05 Å². The highest BCUT2D eigenvalue weighted by molar-refractivity contribution is 5.31. The minimum absolute atomic E-state index is 0.0380. The summed E-state index contributed by atoms with van der Waals surface area (Å²) in [5, 5.41) is 3.27. The summed E-state index contributed by atoms with van der Waals surface area (Å²) in [4.78, 5) is 10.4. The lowest BCUT2D eigenvalue weighted by atomic mass is 10.00. The molecular weight excluding hydrogens is 274 g/mol. The molecule has 4 nitrogen and oxygen atoms in total. The van der Waals surface area contributed by atoms with Crippen molar-refractivity contribution in [3.8, 4) is 0 Å². The van der Waals surface area contributed by atoms with Gasteiger partial charge in [0, 0.05) is 25.0 Å². The maximum Gasteiger partial charge on any atom is 0.222 e. The molecule has 0 saturated carbocycles. The molecule has 1 fully saturated rings. The van der Waals surface area contributed by atoms with Crippen molar-refractivity contribution < 1.29 is 8.78 Å². The number of hydrogen-bond acceptors (Lipinski definition) is 4. The number of nitrogens with one attached hydrogen (secondary N) is 1. The van der Waals surface area contributed by atoms with E-state index >= 15 is 0 Å². The molecule has 3 rings (SSSR count). The van der Waals surface area contributed by atoms with Crippen molar-refractivity contribution in [3.05, 3.63) is 53.9 Å². The number of nitrogens with zero attached hydrogens (tertiary/aromatic N) is 3. The third-order valence-corrected chi connectivity index (χ3v) is 3.81. The number of likely N-dealkylation sites (tertiary alicyclic amines) is 1. The van der Waals surface area contributed by atoms with Crippen LogP contribution >= 0.6 is 0 Å². The fourth-order valence-corrected chi connectivity index (χ4v) is 2.82. The second kappa shape index (κ2) is 5.73. The van der Waals surface area contributed by atoms with Crippen molar-refractivity contribution >= 4 is 5.95 Å². The molecule has 1 saturated heterocycles. The summed E-state index contributed by atoms with van der Waals surface area (Å²) in [5.74, 6) is -1.09. The van der Waals surface area contributed by atoms with Crippen LogP contribution in [-0.4, -0.2) is 34.5 Å². The maximum absolute atomic E-state index is 13.5. The van der Waals surface area contributed by atoms with Crippen molar-refractivity contribution in [2.75, 3.05) is 18.9 Å². The summed E-state index contributed by atoms with van der Waals surface area (Å²) in [6, 6.07) is 5.84. The van der Waals surface area contributed by atoms with Crippen LogP contribution in [0.1, 0.15) is 18.0 Å².